The van der Waals surface area contributed by atoms with Crippen LogP contribution >= 0.6 is 0 Å². The molecule has 0 aliphatic heterocycles. The molecule has 0 amide bonds. The molecule has 314 valence electrons. The van der Waals surface area contributed by atoms with Crippen LogP contribution in [-0.4, -0.2) is 25.0 Å². The Morgan fingerprint density at radius 1 is 0.439 bits per heavy atom. The largest absolute Gasteiger partial charge is 0.494 e. The van der Waals surface area contributed by atoms with Crippen molar-refractivity contribution in [1.29, 1.82) is 0 Å². The number of hydrogen-bond donors (Lipinski definition) is 0. The summed E-state index contributed by atoms with van der Waals surface area (Å²) in [4.78, 5) is 25.8. The molecule has 3 aromatic rings. The molecule has 0 aliphatic carbocycles. The molecule has 5 heteroatoms. The molecule has 0 N–H and O–H groups in total. The maximum absolute atomic E-state index is 13.0. The zero-order valence-electron chi connectivity index (χ0n) is 35.9. The minimum Gasteiger partial charge on any atom is -0.494 e. The fraction of sp³-hybridized carbons (Fsp3) is 0.577. The molecule has 0 fully saturated rings. The van der Waals surface area contributed by atoms with Crippen molar-refractivity contribution in [3.63, 3.8) is 0 Å². The maximum atomic E-state index is 13.0. The lowest BCUT2D eigenvalue weighted by atomic mass is 10.0. The van der Waals surface area contributed by atoms with E-state index in [4.69, 9.17) is 14.2 Å². The number of benzene rings is 3. The summed E-state index contributed by atoms with van der Waals surface area (Å²) in [5.41, 5.74) is 1.79. The van der Waals surface area contributed by atoms with Crippen LogP contribution in [0.4, 0.5) is 0 Å². The molecular weight excluding hydrogens is 705 g/mol. The van der Waals surface area contributed by atoms with E-state index in [1.165, 1.54) is 154 Å². The lowest BCUT2D eigenvalue weighted by Crippen LogP contribution is -2.09. The van der Waals surface area contributed by atoms with Gasteiger partial charge in [0.05, 0.1) is 18.8 Å². The van der Waals surface area contributed by atoms with Crippen LogP contribution in [0.1, 0.15) is 207 Å². The normalized spacial score (nSPS) is 11.3. The first-order valence-corrected chi connectivity index (χ1v) is 23.1. The van der Waals surface area contributed by atoms with Crippen molar-refractivity contribution < 1.29 is 23.8 Å². The fourth-order valence-electron chi connectivity index (χ4n) is 7.13. The van der Waals surface area contributed by atoms with Crippen LogP contribution in [0.5, 0.6) is 17.2 Å². The molecule has 0 radical (unpaired) electrons. The fourth-order valence-corrected chi connectivity index (χ4v) is 7.13. The number of allylic oxidation sites excluding steroid dienone is 1. The van der Waals surface area contributed by atoms with E-state index in [0.717, 1.165) is 36.5 Å². The van der Waals surface area contributed by atoms with Crippen LogP contribution in [0.15, 0.2) is 78.9 Å². The SMILES string of the molecule is CCCCCCCCCCCCCCCCCCOc1ccc(C(=O)Oc2cccc(C(=O)/C=C/c3ccc(OCCCCCCCCCCCC)cc3)c2)cc1. The van der Waals surface area contributed by atoms with Crippen LogP contribution in [0.25, 0.3) is 6.08 Å². The summed E-state index contributed by atoms with van der Waals surface area (Å²) in [7, 11) is 0. The van der Waals surface area contributed by atoms with Gasteiger partial charge < -0.3 is 14.2 Å². The van der Waals surface area contributed by atoms with Crippen molar-refractivity contribution >= 4 is 17.8 Å². The van der Waals surface area contributed by atoms with Crippen LogP contribution in [0.3, 0.4) is 0 Å². The average Bonchev–Trinajstić information content (AvgIpc) is 3.23. The van der Waals surface area contributed by atoms with Gasteiger partial charge in [-0.2, -0.15) is 0 Å². The summed E-state index contributed by atoms with van der Waals surface area (Å²) >= 11 is 0. The highest BCUT2D eigenvalue weighted by atomic mass is 16.5. The van der Waals surface area contributed by atoms with Crippen molar-refractivity contribution in [2.75, 3.05) is 13.2 Å². The van der Waals surface area contributed by atoms with E-state index in [9.17, 15) is 9.59 Å². The Labute approximate surface area is 347 Å². The number of ketones is 1. The monoisotopic (exact) mass is 781 g/mol. The van der Waals surface area contributed by atoms with Crippen molar-refractivity contribution in [2.24, 2.45) is 0 Å². The number of hydrogen-bond acceptors (Lipinski definition) is 5. The van der Waals surface area contributed by atoms with E-state index in [2.05, 4.69) is 13.8 Å². The first-order valence-electron chi connectivity index (χ1n) is 23.1. The quantitative estimate of drug-likeness (QED) is 0.0196. The third-order valence-electron chi connectivity index (χ3n) is 10.8. The third-order valence-corrected chi connectivity index (χ3v) is 10.8. The molecule has 0 spiro atoms. The van der Waals surface area contributed by atoms with E-state index in [1.54, 1.807) is 48.6 Å². The van der Waals surface area contributed by atoms with Gasteiger partial charge in [0.2, 0.25) is 0 Å². The molecular formula is C52H76O5. The van der Waals surface area contributed by atoms with E-state index in [1.807, 2.05) is 36.4 Å². The van der Waals surface area contributed by atoms with Gasteiger partial charge in [0.25, 0.3) is 0 Å². The molecule has 3 rings (SSSR count). The Hall–Kier alpha value is -3.86. The first kappa shape index (κ1) is 47.5. The second kappa shape index (κ2) is 32.1. The number of carbonyl (C=O) groups is 2. The van der Waals surface area contributed by atoms with E-state index < -0.39 is 5.97 Å². The molecule has 0 atom stereocenters. The molecule has 0 aliphatic rings. The molecule has 0 saturated heterocycles. The van der Waals surface area contributed by atoms with Crippen LogP contribution < -0.4 is 14.2 Å². The number of rotatable bonds is 35. The van der Waals surface area contributed by atoms with Gasteiger partial charge in [-0.15, -0.1) is 0 Å². The van der Waals surface area contributed by atoms with Crippen molar-refractivity contribution in [3.8, 4) is 17.2 Å². The number of unbranched alkanes of at least 4 members (excludes halogenated alkanes) is 24. The van der Waals surface area contributed by atoms with Crippen molar-refractivity contribution in [3.05, 3.63) is 95.6 Å². The zero-order chi connectivity index (χ0) is 40.4. The molecule has 0 unspecified atom stereocenters. The van der Waals surface area contributed by atoms with E-state index in [-0.39, 0.29) is 5.78 Å². The van der Waals surface area contributed by atoms with E-state index in [0.29, 0.717) is 23.5 Å². The predicted molar refractivity (Wildman–Crippen MR) is 240 cm³/mol. The van der Waals surface area contributed by atoms with Gasteiger partial charge in [0, 0.05) is 5.56 Å². The van der Waals surface area contributed by atoms with Gasteiger partial charge >= 0.3 is 5.97 Å². The Morgan fingerprint density at radius 3 is 1.28 bits per heavy atom. The number of ether oxygens (including phenoxy) is 3. The van der Waals surface area contributed by atoms with E-state index >= 15 is 0 Å². The summed E-state index contributed by atoms with van der Waals surface area (Å²) in [6.45, 7) is 5.95. The molecule has 3 aromatic carbocycles. The highest BCUT2D eigenvalue weighted by Crippen LogP contribution is 2.20. The average molecular weight is 781 g/mol. The molecule has 5 nitrogen and oxygen atoms in total. The van der Waals surface area contributed by atoms with Gasteiger partial charge in [0.1, 0.15) is 17.2 Å². The third kappa shape index (κ3) is 23.2. The molecule has 0 aromatic heterocycles. The molecule has 0 heterocycles. The highest BCUT2D eigenvalue weighted by molar-refractivity contribution is 6.07. The van der Waals surface area contributed by atoms with Crippen LogP contribution in [0, 0.1) is 0 Å². The lowest BCUT2D eigenvalue weighted by molar-refractivity contribution is 0.0733. The number of carbonyl (C=O) groups excluding carboxylic acids is 2. The summed E-state index contributed by atoms with van der Waals surface area (Å²) in [6, 6.07) is 21.6. The highest BCUT2D eigenvalue weighted by Gasteiger charge is 2.11. The topological polar surface area (TPSA) is 61.8 Å². The molecule has 0 saturated carbocycles. The Bertz CT molecular complexity index is 1480. The predicted octanol–water partition coefficient (Wildman–Crippen LogP) is 15.7. The second-order valence-electron chi connectivity index (χ2n) is 15.9. The zero-order valence-corrected chi connectivity index (χ0v) is 35.9. The van der Waals surface area contributed by atoms with Crippen molar-refractivity contribution in [1.82, 2.24) is 0 Å². The van der Waals surface area contributed by atoms with Gasteiger partial charge in [-0.1, -0.05) is 198 Å². The Balaban J connectivity index is 1.24. The second-order valence-corrected chi connectivity index (χ2v) is 15.9. The van der Waals surface area contributed by atoms with Crippen LogP contribution in [-0.2, 0) is 0 Å². The maximum Gasteiger partial charge on any atom is 0.343 e. The Kier molecular flexibility index (Phi) is 26.8. The minimum absolute atomic E-state index is 0.167. The number of esters is 1. The standard InChI is InChI=1S/C52H76O5/c1-3-5-7-9-11-13-15-16-17-18-19-20-22-24-26-28-43-56-49-39-35-46(36-40-49)52(54)57-50-31-29-30-47(44-50)51(53)41-34-45-32-37-48(38-33-45)55-42-27-25-23-21-14-12-10-8-6-4-2/h29-41,44H,3-28,42-43H2,1-2H3/b41-34+. The minimum atomic E-state index is -0.477. The van der Waals surface area contributed by atoms with Crippen LogP contribution in [0.2, 0.25) is 0 Å². The summed E-state index contributed by atoms with van der Waals surface area (Å²) in [5, 5.41) is 0. The summed E-state index contributed by atoms with van der Waals surface area (Å²) < 4.78 is 17.5. The van der Waals surface area contributed by atoms with Gasteiger partial charge in [-0.3, -0.25) is 4.79 Å². The molecule has 57 heavy (non-hydrogen) atoms. The van der Waals surface area contributed by atoms with Gasteiger partial charge in [-0.25, -0.2) is 4.79 Å². The Morgan fingerprint density at radius 2 is 0.842 bits per heavy atom. The van der Waals surface area contributed by atoms with Gasteiger partial charge in [-0.05, 0) is 73.0 Å². The van der Waals surface area contributed by atoms with Gasteiger partial charge in [0.15, 0.2) is 5.78 Å². The van der Waals surface area contributed by atoms with Crippen molar-refractivity contribution in [2.45, 2.75) is 181 Å². The lowest BCUT2D eigenvalue weighted by Gasteiger charge is -2.08. The summed E-state index contributed by atoms with van der Waals surface area (Å²) in [5.74, 6) is 1.28. The first-order chi connectivity index (χ1) is 28.1. The smallest absolute Gasteiger partial charge is 0.343 e. The summed E-state index contributed by atoms with van der Waals surface area (Å²) in [6.07, 6.45) is 37.9. The molecule has 0 bridgehead atoms.